The van der Waals surface area contributed by atoms with Crippen LogP contribution in [0.3, 0.4) is 0 Å². The lowest BCUT2D eigenvalue weighted by molar-refractivity contribution is -0.119. The monoisotopic (exact) mass is 521 g/mol. The number of halogens is 1. The van der Waals surface area contributed by atoms with Gasteiger partial charge in [-0.25, -0.2) is 9.80 Å². The molecular weight excluding hydrogens is 498 g/mol. The molecule has 2 N–H and O–H groups in total. The fraction of sp³-hybridized carbons (Fsp3) is 0.259. The molecule has 0 radical (unpaired) electrons. The van der Waals surface area contributed by atoms with E-state index in [1.54, 1.807) is 29.5 Å². The second kappa shape index (κ2) is 9.87. The summed E-state index contributed by atoms with van der Waals surface area (Å²) in [4.78, 5) is 39.1. The van der Waals surface area contributed by atoms with Crippen LogP contribution in [0, 0.1) is 11.8 Å². The first kappa shape index (κ1) is 24.2. The Kier molecular flexibility index (Phi) is 6.64. The maximum Gasteiger partial charge on any atom is 0.335 e. The summed E-state index contributed by atoms with van der Waals surface area (Å²) in [5, 5.41) is 18.3. The van der Waals surface area contributed by atoms with Crippen LogP contribution in [-0.4, -0.2) is 35.1 Å². The molecule has 3 aromatic rings. The summed E-state index contributed by atoms with van der Waals surface area (Å²) in [6, 6.07) is 15.6. The normalized spacial score (nSPS) is 17.3. The Labute approximate surface area is 217 Å². The molecule has 1 saturated carbocycles. The minimum atomic E-state index is -1.06. The molecule has 1 aliphatic carbocycles. The van der Waals surface area contributed by atoms with Crippen LogP contribution in [-0.2, 0) is 11.2 Å². The predicted octanol–water partition coefficient (Wildman–Crippen LogP) is 5.49. The number of carbonyl (C=O) groups is 3. The van der Waals surface area contributed by atoms with Gasteiger partial charge in [-0.15, -0.1) is 11.3 Å². The molecule has 9 heteroatoms. The minimum Gasteiger partial charge on any atom is -0.478 e. The van der Waals surface area contributed by atoms with Crippen LogP contribution in [0.4, 0.5) is 5.69 Å². The van der Waals surface area contributed by atoms with E-state index in [2.05, 4.69) is 10.4 Å². The predicted molar refractivity (Wildman–Crippen MR) is 141 cm³/mol. The number of nitrogens with one attached hydrogen (secondary N) is 1. The molecular formula is C27H24ClN3O4S. The zero-order chi connectivity index (χ0) is 25.4. The van der Waals surface area contributed by atoms with Crippen molar-refractivity contribution in [3.8, 4) is 10.4 Å². The molecule has 1 aromatic heterocycles. The van der Waals surface area contributed by atoms with Gasteiger partial charge in [-0.3, -0.25) is 9.59 Å². The topological polar surface area (TPSA) is 99.1 Å². The van der Waals surface area contributed by atoms with Gasteiger partial charge in [0, 0.05) is 22.0 Å². The van der Waals surface area contributed by atoms with Gasteiger partial charge in [0.2, 0.25) is 0 Å². The quantitative estimate of drug-likeness (QED) is 0.409. The first-order valence-electron chi connectivity index (χ1n) is 11.7. The number of rotatable bonds is 8. The highest BCUT2D eigenvalue weighted by Gasteiger charge is 2.35. The van der Waals surface area contributed by atoms with E-state index >= 15 is 0 Å². The number of anilines is 1. The SMILES string of the molecule is CC1=NN(c2cccc(C(=O)O)c2)C(=O)C1Cc1ccc(-c2ccc(Cl)c(C(=O)NCC3CC3)c2)s1. The molecule has 1 aliphatic heterocycles. The maximum absolute atomic E-state index is 13.2. The third kappa shape index (κ3) is 5.05. The van der Waals surface area contributed by atoms with Crippen molar-refractivity contribution in [2.24, 2.45) is 16.9 Å². The number of hydrazone groups is 1. The van der Waals surface area contributed by atoms with Crippen LogP contribution in [0.2, 0.25) is 5.02 Å². The van der Waals surface area contributed by atoms with Crippen LogP contribution in [0.25, 0.3) is 10.4 Å². The number of nitrogens with zero attached hydrogens (tertiary/aromatic N) is 2. The summed E-state index contributed by atoms with van der Waals surface area (Å²) in [5.41, 5.74) is 2.56. The molecule has 0 spiro atoms. The summed E-state index contributed by atoms with van der Waals surface area (Å²) < 4.78 is 0. The van der Waals surface area contributed by atoms with Crippen molar-refractivity contribution in [3.05, 3.63) is 75.6 Å². The number of carboxylic acid groups (broad SMARTS) is 1. The van der Waals surface area contributed by atoms with Gasteiger partial charge in [0.15, 0.2) is 0 Å². The Balaban J connectivity index is 1.30. The van der Waals surface area contributed by atoms with Crippen molar-refractivity contribution in [2.45, 2.75) is 26.2 Å². The van der Waals surface area contributed by atoms with Gasteiger partial charge in [0.25, 0.3) is 11.8 Å². The van der Waals surface area contributed by atoms with Gasteiger partial charge in [-0.2, -0.15) is 5.10 Å². The number of amides is 2. The van der Waals surface area contributed by atoms with E-state index in [0.29, 0.717) is 40.9 Å². The first-order chi connectivity index (χ1) is 17.3. The zero-order valence-electron chi connectivity index (χ0n) is 19.5. The minimum absolute atomic E-state index is 0.100. The molecule has 2 amide bonds. The van der Waals surface area contributed by atoms with E-state index in [1.165, 1.54) is 17.1 Å². The standard InChI is InChI=1S/C27H24ClN3O4S/c1-15-21(26(33)31(30-15)19-4-2-3-18(11-19)27(34)35)13-20-8-10-24(36-20)17-7-9-23(28)22(12-17)25(32)29-14-16-5-6-16/h2-4,7-12,16,21H,5-6,13-14H2,1H3,(H,29,32)(H,34,35). The van der Waals surface area contributed by atoms with E-state index < -0.39 is 11.9 Å². The molecule has 0 saturated heterocycles. The first-order valence-corrected chi connectivity index (χ1v) is 12.9. The Morgan fingerprint density at radius 3 is 2.72 bits per heavy atom. The summed E-state index contributed by atoms with van der Waals surface area (Å²) >= 11 is 7.86. The van der Waals surface area contributed by atoms with Gasteiger partial charge in [0.1, 0.15) is 0 Å². The van der Waals surface area contributed by atoms with Gasteiger partial charge >= 0.3 is 5.97 Å². The smallest absolute Gasteiger partial charge is 0.335 e. The molecule has 184 valence electrons. The van der Waals surface area contributed by atoms with Crippen molar-refractivity contribution >= 4 is 52.1 Å². The number of benzene rings is 2. The molecule has 1 atom stereocenters. The molecule has 1 unspecified atom stereocenters. The second-order valence-electron chi connectivity index (χ2n) is 9.12. The van der Waals surface area contributed by atoms with E-state index in [9.17, 15) is 19.5 Å². The molecule has 0 bridgehead atoms. The summed E-state index contributed by atoms with van der Waals surface area (Å²) in [5.74, 6) is -1.26. The highest BCUT2D eigenvalue weighted by Crippen LogP contribution is 2.34. The molecule has 7 nitrogen and oxygen atoms in total. The maximum atomic E-state index is 13.2. The molecule has 1 fully saturated rings. The number of thiophene rings is 1. The van der Waals surface area contributed by atoms with Crippen LogP contribution in [0.5, 0.6) is 0 Å². The third-order valence-electron chi connectivity index (χ3n) is 6.42. The summed E-state index contributed by atoms with van der Waals surface area (Å²) in [6.07, 6.45) is 2.80. The van der Waals surface area contributed by atoms with Crippen LogP contribution < -0.4 is 10.3 Å². The van der Waals surface area contributed by atoms with Gasteiger partial charge in [-0.05, 0) is 80.1 Å². The van der Waals surface area contributed by atoms with E-state index in [0.717, 1.165) is 28.2 Å². The number of hydrogen-bond acceptors (Lipinski definition) is 5. The Morgan fingerprint density at radius 1 is 1.17 bits per heavy atom. The number of carbonyl (C=O) groups excluding carboxylic acids is 2. The second-order valence-corrected chi connectivity index (χ2v) is 10.7. The molecule has 2 aliphatic rings. The number of carboxylic acids is 1. The van der Waals surface area contributed by atoms with Gasteiger partial charge < -0.3 is 10.4 Å². The van der Waals surface area contributed by atoms with Crippen LogP contribution in [0.1, 0.15) is 45.4 Å². The highest BCUT2D eigenvalue weighted by molar-refractivity contribution is 7.15. The van der Waals surface area contributed by atoms with E-state index in [1.807, 2.05) is 31.2 Å². The Bertz CT molecular complexity index is 1400. The number of hydrogen-bond donors (Lipinski definition) is 2. The van der Waals surface area contributed by atoms with Crippen molar-refractivity contribution in [1.29, 1.82) is 0 Å². The fourth-order valence-corrected chi connectivity index (χ4v) is 5.40. The largest absolute Gasteiger partial charge is 0.478 e. The lowest BCUT2D eigenvalue weighted by Crippen LogP contribution is -2.28. The van der Waals surface area contributed by atoms with E-state index in [4.69, 9.17) is 11.6 Å². The molecule has 5 rings (SSSR count). The highest BCUT2D eigenvalue weighted by atomic mass is 35.5. The lowest BCUT2D eigenvalue weighted by Gasteiger charge is -2.14. The summed E-state index contributed by atoms with van der Waals surface area (Å²) in [6.45, 7) is 2.49. The third-order valence-corrected chi connectivity index (χ3v) is 7.90. The molecule has 2 aromatic carbocycles. The van der Waals surface area contributed by atoms with Gasteiger partial charge in [0.05, 0.1) is 27.8 Å². The van der Waals surface area contributed by atoms with Crippen LogP contribution >= 0.6 is 22.9 Å². The van der Waals surface area contributed by atoms with Crippen molar-refractivity contribution in [1.82, 2.24) is 5.32 Å². The lowest BCUT2D eigenvalue weighted by atomic mass is 9.99. The number of aromatic carboxylic acids is 1. The van der Waals surface area contributed by atoms with Crippen molar-refractivity contribution in [2.75, 3.05) is 11.6 Å². The van der Waals surface area contributed by atoms with Crippen molar-refractivity contribution in [3.63, 3.8) is 0 Å². The zero-order valence-corrected chi connectivity index (χ0v) is 21.1. The Morgan fingerprint density at radius 2 is 1.97 bits per heavy atom. The van der Waals surface area contributed by atoms with E-state index in [-0.39, 0.29) is 17.4 Å². The average molecular weight is 522 g/mol. The average Bonchev–Trinajstić information content (AvgIpc) is 3.52. The fourth-order valence-electron chi connectivity index (χ4n) is 4.14. The Hall–Kier alpha value is -3.49. The van der Waals surface area contributed by atoms with Crippen molar-refractivity contribution < 1.29 is 19.5 Å². The summed E-state index contributed by atoms with van der Waals surface area (Å²) in [7, 11) is 0. The van der Waals surface area contributed by atoms with Gasteiger partial charge in [-0.1, -0.05) is 23.7 Å². The van der Waals surface area contributed by atoms with Crippen LogP contribution in [0.15, 0.2) is 59.7 Å². The molecule has 2 heterocycles. The molecule has 36 heavy (non-hydrogen) atoms.